The quantitative estimate of drug-likeness (QED) is 0.419. The lowest BCUT2D eigenvalue weighted by Crippen LogP contribution is -2.18. The molecule has 0 aliphatic rings. The van der Waals surface area contributed by atoms with E-state index in [2.05, 4.69) is 45.7 Å². The summed E-state index contributed by atoms with van der Waals surface area (Å²) in [4.78, 5) is 0. The van der Waals surface area contributed by atoms with Crippen molar-refractivity contribution < 1.29 is 4.58 Å². The monoisotopic (exact) mass is 142 g/mol. The summed E-state index contributed by atoms with van der Waals surface area (Å²) in [7, 11) is 4.16. The molecule has 0 bridgehead atoms. The largest absolute Gasteiger partial charge is 0.244 e. The molecule has 0 spiro atoms. The summed E-state index contributed by atoms with van der Waals surface area (Å²) in [5.74, 6) is 0. The average Bonchev–Trinajstić information content (AvgIpc) is 1.59. The maximum absolute atomic E-state index is 2.27. The molecule has 0 aliphatic heterocycles. The van der Waals surface area contributed by atoms with Gasteiger partial charge in [-0.3, -0.25) is 0 Å². The molecule has 0 heterocycles. The average molecular weight is 142 g/mol. The normalized spacial score (nSPS) is 11.3. The molecule has 0 amide bonds. The second-order valence-electron chi connectivity index (χ2n) is 3.83. The van der Waals surface area contributed by atoms with Crippen molar-refractivity contribution >= 4 is 6.21 Å². The van der Waals surface area contributed by atoms with Crippen LogP contribution in [0.15, 0.2) is 0 Å². The third-order valence-electron chi connectivity index (χ3n) is 1.50. The number of hydrogen-bond acceptors (Lipinski definition) is 0. The molecule has 1 heteroatoms. The van der Waals surface area contributed by atoms with E-state index in [4.69, 9.17) is 0 Å². The number of hydrogen-bond donors (Lipinski definition) is 0. The molecule has 0 aromatic heterocycles. The van der Waals surface area contributed by atoms with Gasteiger partial charge in [0, 0.05) is 5.41 Å². The molecule has 0 rings (SSSR count). The Morgan fingerprint density at radius 3 is 2.10 bits per heavy atom. The van der Waals surface area contributed by atoms with Gasteiger partial charge < -0.3 is 0 Å². The minimum Gasteiger partial charge on any atom is -0.244 e. The van der Waals surface area contributed by atoms with Gasteiger partial charge in [0.05, 0.1) is 0 Å². The van der Waals surface area contributed by atoms with Crippen LogP contribution in [0.3, 0.4) is 0 Å². The fraction of sp³-hybridized carbons (Fsp3) is 0.889. The molecule has 10 heavy (non-hydrogen) atoms. The molecule has 0 radical (unpaired) electrons. The lowest BCUT2D eigenvalue weighted by Gasteiger charge is -2.14. The van der Waals surface area contributed by atoms with Gasteiger partial charge in [-0.2, -0.15) is 0 Å². The van der Waals surface area contributed by atoms with Crippen LogP contribution in [0, 0.1) is 5.41 Å². The molecule has 0 atom stereocenters. The molecule has 0 saturated heterocycles. The van der Waals surface area contributed by atoms with Crippen LogP contribution >= 0.6 is 0 Å². The maximum atomic E-state index is 2.27. The Labute approximate surface area is 64.8 Å². The van der Waals surface area contributed by atoms with Gasteiger partial charge in [0.2, 0.25) is 0 Å². The standard InChI is InChI=1S/C9H20N/c1-6-7-9(2,3)8-10(4)5/h8H,6-7H2,1-5H3/q+1. The van der Waals surface area contributed by atoms with Crippen LogP contribution in [-0.2, 0) is 0 Å². The van der Waals surface area contributed by atoms with Crippen LogP contribution in [0.1, 0.15) is 33.6 Å². The molecule has 0 N–H and O–H groups in total. The van der Waals surface area contributed by atoms with E-state index >= 15 is 0 Å². The Morgan fingerprint density at radius 1 is 1.30 bits per heavy atom. The van der Waals surface area contributed by atoms with Crippen LogP contribution in [0.4, 0.5) is 0 Å². The maximum Gasteiger partial charge on any atom is 0.144 e. The van der Waals surface area contributed by atoms with E-state index in [1.54, 1.807) is 0 Å². The fourth-order valence-electron chi connectivity index (χ4n) is 1.41. The molecule has 0 saturated carbocycles. The first-order valence-corrected chi connectivity index (χ1v) is 4.00. The van der Waals surface area contributed by atoms with Crippen molar-refractivity contribution in [3.63, 3.8) is 0 Å². The van der Waals surface area contributed by atoms with Gasteiger partial charge in [-0.15, -0.1) is 0 Å². The first-order valence-electron chi connectivity index (χ1n) is 4.00. The zero-order valence-corrected chi connectivity index (χ0v) is 7.94. The molecule has 0 unspecified atom stereocenters. The van der Waals surface area contributed by atoms with Crippen molar-refractivity contribution in [2.24, 2.45) is 5.41 Å². The second-order valence-corrected chi connectivity index (χ2v) is 3.83. The Bertz CT molecular complexity index is 119. The van der Waals surface area contributed by atoms with Crippen LogP contribution in [0.25, 0.3) is 0 Å². The highest BCUT2D eigenvalue weighted by atomic mass is 14.9. The number of nitrogens with zero attached hydrogens (tertiary/aromatic N) is 1. The van der Waals surface area contributed by atoms with Gasteiger partial charge in [-0.1, -0.05) is 27.2 Å². The van der Waals surface area contributed by atoms with Crippen molar-refractivity contribution in [3.8, 4) is 0 Å². The van der Waals surface area contributed by atoms with E-state index in [9.17, 15) is 0 Å². The van der Waals surface area contributed by atoms with Gasteiger partial charge in [0.1, 0.15) is 20.3 Å². The SMILES string of the molecule is CCCC(C)(C)C=[N+](C)C. The Hall–Kier alpha value is -0.330. The summed E-state index contributed by atoms with van der Waals surface area (Å²) in [6.07, 6.45) is 4.80. The van der Waals surface area contributed by atoms with Crippen LogP contribution in [-0.4, -0.2) is 24.9 Å². The molecule has 0 fully saturated rings. The highest BCUT2D eigenvalue weighted by molar-refractivity contribution is 5.59. The Morgan fingerprint density at radius 2 is 1.80 bits per heavy atom. The van der Waals surface area contributed by atoms with E-state index in [-0.39, 0.29) is 0 Å². The summed E-state index contributed by atoms with van der Waals surface area (Å²) in [5.41, 5.74) is 0.373. The lowest BCUT2D eigenvalue weighted by molar-refractivity contribution is -0.463. The van der Waals surface area contributed by atoms with Crippen LogP contribution in [0.2, 0.25) is 0 Å². The predicted octanol–water partition coefficient (Wildman–Crippen LogP) is 2.16. The van der Waals surface area contributed by atoms with Crippen LogP contribution < -0.4 is 0 Å². The summed E-state index contributed by atoms with van der Waals surface area (Å²) < 4.78 is 2.13. The first kappa shape index (κ1) is 9.67. The predicted molar refractivity (Wildman–Crippen MR) is 46.9 cm³/mol. The Balaban J connectivity index is 3.98. The highest BCUT2D eigenvalue weighted by Crippen LogP contribution is 2.18. The van der Waals surface area contributed by atoms with Gasteiger partial charge in [0.15, 0.2) is 0 Å². The van der Waals surface area contributed by atoms with Crippen molar-refractivity contribution in [2.45, 2.75) is 33.6 Å². The van der Waals surface area contributed by atoms with Gasteiger partial charge >= 0.3 is 0 Å². The lowest BCUT2D eigenvalue weighted by atomic mass is 9.90. The highest BCUT2D eigenvalue weighted by Gasteiger charge is 2.16. The molecule has 0 aliphatic carbocycles. The second kappa shape index (κ2) is 3.75. The summed E-state index contributed by atoms with van der Waals surface area (Å²) in [6.45, 7) is 6.78. The van der Waals surface area contributed by atoms with E-state index in [0.29, 0.717) is 5.41 Å². The summed E-state index contributed by atoms with van der Waals surface area (Å²) >= 11 is 0. The topological polar surface area (TPSA) is 3.01 Å². The van der Waals surface area contributed by atoms with E-state index < -0.39 is 0 Å². The summed E-state index contributed by atoms with van der Waals surface area (Å²) in [5, 5.41) is 0. The van der Waals surface area contributed by atoms with Crippen molar-refractivity contribution in [1.82, 2.24) is 0 Å². The first-order chi connectivity index (χ1) is 4.48. The third-order valence-corrected chi connectivity index (χ3v) is 1.50. The van der Waals surface area contributed by atoms with Crippen LogP contribution in [0.5, 0.6) is 0 Å². The smallest absolute Gasteiger partial charge is 0.144 e. The zero-order chi connectivity index (χ0) is 8.20. The van der Waals surface area contributed by atoms with E-state index in [0.717, 1.165) is 0 Å². The minimum absolute atomic E-state index is 0.373. The third kappa shape index (κ3) is 4.54. The fourth-order valence-corrected chi connectivity index (χ4v) is 1.41. The van der Waals surface area contributed by atoms with Crippen molar-refractivity contribution in [3.05, 3.63) is 0 Å². The molecular formula is C9H20N+. The van der Waals surface area contributed by atoms with E-state index in [1.165, 1.54) is 12.8 Å². The molecule has 0 aromatic rings. The Kier molecular flexibility index (Phi) is 3.62. The van der Waals surface area contributed by atoms with Gasteiger partial charge in [0.25, 0.3) is 0 Å². The molecule has 60 valence electrons. The summed E-state index contributed by atoms with van der Waals surface area (Å²) in [6, 6.07) is 0. The van der Waals surface area contributed by atoms with Gasteiger partial charge in [-0.05, 0) is 6.42 Å². The molecule has 1 nitrogen and oxygen atoms in total. The van der Waals surface area contributed by atoms with Gasteiger partial charge in [-0.25, -0.2) is 4.58 Å². The molecular weight excluding hydrogens is 122 g/mol. The minimum atomic E-state index is 0.373. The van der Waals surface area contributed by atoms with E-state index in [1.807, 2.05) is 0 Å². The number of rotatable bonds is 3. The zero-order valence-electron chi connectivity index (χ0n) is 7.94. The van der Waals surface area contributed by atoms with Crippen molar-refractivity contribution in [1.29, 1.82) is 0 Å². The van der Waals surface area contributed by atoms with Crippen molar-refractivity contribution in [2.75, 3.05) is 14.1 Å². The molecule has 0 aromatic carbocycles.